The van der Waals surface area contributed by atoms with Crippen molar-refractivity contribution < 1.29 is 0 Å². The number of para-hydroxylation sites is 5. The highest BCUT2D eigenvalue weighted by Gasteiger charge is 2.23. The topological polar surface area (TPSA) is 48.5 Å². The molecule has 0 unspecified atom stereocenters. The minimum atomic E-state index is 0.610. The fourth-order valence-electron chi connectivity index (χ4n) is 9.54. The summed E-state index contributed by atoms with van der Waals surface area (Å²) in [6, 6.07) is 75.5. The highest BCUT2D eigenvalue weighted by Crippen LogP contribution is 2.44. The summed E-state index contributed by atoms with van der Waals surface area (Å²) >= 11 is 1.80. The van der Waals surface area contributed by atoms with Crippen LogP contribution in [0.15, 0.2) is 212 Å². The number of benzene rings is 9. The molecular weight excluding hydrogens is 787 g/mol. The summed E-state index contributed by atoms with van der Waals surface area (Å²) in [6.07, 6.45) is 0. The fraction of sp³-hybridized carbons (Fsp3) is 0. The third-order valence-corrected chi connectivity index (χ3v) is 13.6. The molecule has 0 aliphatic carbocycles. The maximum Gasteiger partial charge on any atom is 0.166 e. The zero-order chi connectivity index (χ0) is 41.4. The van der Waals surface area contributed by atoms with Gasteiger partial charge < -0.3 is 9.13 Å². The Bertz CT molecular complexity index is 3810. The molecule has 0 atom stereocenters. The van der Waals surface area contributed by atoms with Crippen LogP contribution < -0.4 is 0 Å². The number of hydrogen-bond donors (Lipinski definition) is 0. The van der Waals surface area contributed by atoms with E-state index in [1.54, 1.807) is 11.3 Å². The lowest BCUT2D eigenvalue weighted by molar-refractivity contribution is 1.07. The summed E-state index contributed by atoms with van der Waals surface area (Å²) < 4.78 is 7.09. The number of rotatable bonds is 6. The second kappa shape index (κ2) is 14.2. The number of fused-ring (bicyclic) bond motifs is 9. The van der Waals surface area contributed by atoms with Crippen LogP contribution in [0.1, 0.15) is 0 Å². The van der Waals surface area contributed by atoms with Crippen LogP contribution in [0.3, 0.4) is 0 Å². The molecule has 0 saturated carbocycles. The van der Waals surface area contributed by atoms with E-state index in [9.17, 15) is 0 Å². The Morgan fingerprint density at radius 3 is 1.43 bits per heavy atom. The molecule has 294 valence electrons. The summed E-state index contributed by atoms with van der Waals surface area (Å²) in [5.74, 6) is 1.85. The minimum absolute atomic E-state index is 0.610. The Kier molecular flexibility index (Phi) is 8.01. The molecule has 0 N–H and O–H groups in total. The zero-order valence-electron chi connectivity index (χ0n) is 33.9. The van der Waals surface area contributed by atoms with Crippen LogP contribution in [0.25, 0.3) is 120 Å². The van der Waals surface area contributed by atoms with Crippen molar-refractivity contribution in [3.8, 4) is 56.7 Å². The largest absolute Gasteiger partial charge is 0.309 e. The van der Waals surface area contributed by atoms with Gasteiger partial charge in [0.15, 0.2) is 17.5 Å². The van der Waals surface area contributed by atoms with Gasteiger partial charge in [-0.1, -0.05) is 158 Å². The van der Waals surface area contributed by atoms with E-state index in [4.69, 9.17) is 15.0 Å². The lowest BCUT2D eigenvalue weighted by atomic mass is 10.0. The van der Waals surface area contributed by atoms with Gasteiger partial charge in [-0.25, -0.2) is 15.0 Å². The monoisotopic (exact) mass is 821 g/mol. The van der Waals surface area contributed by atoms with E-state index in [0.29, 0.717) is 17.5 Å². The van der Waals surface area contributed by atoms with Gasteiger partial charge in [0.05, 0.1) is 27.8 Å². The van der Waals surface area contributed by atoms with Crippen molar-refractivity contribution in [2.75, 3.05) is 0 Å². The second-order valence-corrected chi connectivity index (χ2v) is 17.0. The first kappa shape index (κ1) is 35.6. The zero-order valence-corrected chi connectivity index (χ0v) is 34.7. The van der Waals surface area contributed by atoms with Crippen molar-refractivity contribution in [2.24, 2.45) is 0 Å². The molecule has 0 amide bonds. The predicted octanol–water partition coefficient (Wildman–Crippen LogP) is 15.1. The van der Waals surface area contributed by atoms with Gasteiger partial charge in [-0.05, 0) is 65.7 Å². The Morgan fingerprint density at radius 2 is 0.810 bits per heavy atom. The molecule has 13 aromatic rings. The van der Waals surface area contributed by atoms with Crippen LogP contribution in [0, 0.1) is 0 Å². The van der Waals surface area contributed by atoms with Gasteiger partial charge in [-0.3, -0.25) is 0 Å². The van der Waals surface area contributed by atoms with E-state index >= 15 is 0 Å². The highest BCUT2D eigenvalue weighted by atomic mass is 32.1. The number of aromatic nitrogens is 5. The first-order valence-electron chi connectivity index (χ1n) is 21.2. The summed E-state index contributed by atoms with van der Waals surface area (Å²) in [4.78, 5) is 16.2. The van der Waals surface area contributed by atoms with Crippen molar-refractivity contribution in [2.45, 2.75) is 0 Å². The molecule has 9 aromatic carbocycles. The smallest absolute Gasteiger partial charge is 0.166 e. The summed E-state index contributed by atoms with van der Waals surface area (Å²) in [5, 5.41) is 7.20. The number of hydrogen-bond acceptors (Lipinski definition) is 4. The Balaban J connectivity index is 1.11. The van der Waals surface area contributed by atoms with Crippen molar-refractivity contribution in [1.82, 2.24) is 24.1 Å². The summed E-state index contributed by atoms with van der Waals surface area (Å²) in [7, 11) is 0. The van der Waals surface area contributed by atoms with Gasteiger partial charge in [0.2, 0.25) is 0 Å². The van der Waals surface area contributed by atoms with Crippen LogP contribution >= 0.6 is 11.3 Å². The molecule has 5 nitrogen and oxygen atoms in total. The molecule has 0 bridgehead atoms. The van der Waals surface area contributed by atoms with E-state index < -0.39 is 0 Å². The number of thiophene rings is 1. The van der Waals surface area contributed by atoms with Gasteiger partial charge in [-0.2, -0.15) is 0 Å². The first-order valence-corrected chi connectivity index (χ1v) is 22.0. The Morgan fingerprint density at radius 1 is 0.317 bits per heavy atom. The molecule has 0 aliphatic rings. The van der Waals surface area contributed by atoms with E-state index in [2.05, 4.69) is 203 Å². The number of nitrogens with zero attached hydrogens (tertiary/aromatic N) is 5. The molecule has 4 aromatic heterocycles. The van der Waals surface area contributed by atoms with Gasteiger partial charge in [0, 0.05) is 64.1 Å². The molecule has 0 radical (unpaired) electrons. The van der Waals surface area contributed by atoms with E-state index in [-0.39, 0.29) is 0 Å². The fourth-order valence-corrected chi connectivity index (χ4v) is 10.8. The lowest BCUT2D eigenvalue weighted by Gasteiger charge is -2.15. The SMILES string of the molecule is c1ccc(-c2ccc3c(c2)sc2c(-c4nc(-c5ccccc5)nc(-c5ccccc5-n5c6ccccc6c6ccccc65)n4)cc(-n4c5ccccc5c5ccccc54)cc23)cc1. The van der Waals surface area contributed by atoms with E-state index in [0.717, 1.165) is 60.2 Å². The molecule has 0 spiro atoms. The molecule has 0 saturated heterocycles. The molecule has 13 rings (SSSR count). The minimum Gasteiger partial charge on any atom is -0.309 e. The Labute approximate surface area is 366 Å². The molecule has 0 fully saturated rings. The van der Waals surface area contributed by atoms with Crippen molar-refractivity contribution in [3.05, 3.63) is 212 Å². The molecular formula is C57H35N5S. The average Bonchev–Trinajstić information content (AvgIpc) is 4.01. The normalized spacial score (nSPS) is 11.8. The lowest BCUT2D eigenvalue weighted by Crippen LogP contribution is -2.04. The molecule has 6 heteroatoms. The molecule has 0 aliphatic heterocycles. The standard InChI is InChI=1S/C57H35N5S/c1-3-17-36(18-4-1)38-31-32-44-46-34-39(61-48-26-12-7-21-40(48)41-22-8-13-27-49(41)61)35-47(54(46)63-53(44)33-38)57-59-55(37-19-5-2-6-20-37)58-56(60-57)45-25-11-16-30-52(45)62-50-28-14-9-23-42(50)43-24-10-15-29-51(43)62/h1-35H. The van der Waals surface area contributed by atoms with E-state index in [1.807, 2.05) is 18.2 Å². The van der Waals surface area contributed by atoms with Gasteiger partial charge in [-0.15, -0.1) is 11.3 Å². The quantitative estimate of drug-likeness (QED) is 0.168. The van der Waals surface area contributed by atoms with Gasteiger partial charge in [0.25, 0.3) is 0 Å². The van der Waals surface area contributed by atoms with Gasteiger partial charge >= 0.3 is 0 Å². The van der Waals surface area contributed by atoms with Crippen molar-refractivity contribution >= 4 is 75.1 Å². The highest BCUT2D eigenvalue weighted by molar-refractivity contribution is 7.26. The van der Waals surface area contributed by atoms with Crippen LogP contribution in [-0.4, -0.2) is 24.1 Å². The Hall–Kier alpha value is -8.19. The molecule has 4 heterocycles. The van der Waals surface area contributed by atoms with Crippen molar-refractivity contribution in [3.63, 3.8) is 0 Å². The van der Waals surface area contributed by atoms with Crippen LogP contribution in [0.5, 0.6) is 0 Å². The van der Waals surface area contributed by atoms with E-state index in [1.165, 1.54) is 42.8 Å². The maximum absolute atomic E-state index is 5.52. The average molecular weight is 822 g/mol. The van der Waals surface area contributed by atoms with Crippen LogP contribution in [-0.2, 0) is 0 Å². The predicted molar refractivity (Wildman–Crippen MR) is 263 cm³/mol. The summed E-state index contributed by atoms with van der Waals surface area (Å²) in [6.45, 7) is 0. The van der Waals surface area contributed by atoms with Crippen molar-refractivity contribution in [1.29, 1.82) is 0 Å². The third kappa shape index (κ3) is 5.66. The second-order valence-electron chi connectivity index (χ2n) is 16.0. The third-order valence-electron chi connectivity index (χ3n) is 12.4. The first-order chi connectivity index (χ1) is 31.2. The van der Waals surface area contributed by atoms with Crippen LogP contribution in [0.2, 0.25) is 0 Å². The summed E-state index contributed by atoms with van der Waals surface area (Å²) in [5.41, 5.74) is 11.8. The van der Waals surface area contributed by atoms with Gasteiger partial charge in [0.1, 0.15) is 0 Å². The maximum atomic E-state index is 5.52. The molecule has 63 heavy (non-hydrogen) atoms. The van der Waals surface area contributed by atoms with Crippen LogP contribution in [0.4, 0.5) is 0 Å².